The van der Waals surface area contributed by atoms with Gasteiger partial charge in [0.25, 0.3) is 0 Å². The monoisotopic (exact) mass is 275 g/mol. The fourth-order valence-corrected chi connectivity index (χ4v) is 2.43. The quantitative estimate of drug-likeness (QED) is 0.709. The van der Waals surface area contributed by atoms with Crippen LogP contribution in [0.25, 0.3) is 0 Å². The molecular formula is C16H25N3O. The molecule has 1 heterocycles. The summed E-state index contributed by atoms with van der Waals surface area (Å²) in [5, 5.41) is 6.21. The summed E-state index contributed by atoms with van der Waals surface area (Å²) >= 11 is 0. The predicted octanol–water partition coefficient (Wildman–Crippen LogP) is 1.63. The van der Waals surface area contributed by atoms with Gasteiger partial charge >= 0.3 is 0 Å². The molecule has 0 bridgehead atoms. The van der Waals surface area contributed by atoms with Crippen molar-refractivity contribution >= 4 is 11.6 Å². The van der Waals surface area contributed by atoms with Crippen molar-refractivity contribution < 1.29 is 4.79 Å². The highest BCUT2D eigenvalue weighted by Crippen LogP contribution is 2.12. The summed E-state index contributed by atoms with van der Waals surface area (Å²) in [5.74, 6) is 0.741. The van der Waals surface area contributed by atoms with E-state index in [9.17, 15) is 4.79 Å². The van der Waals surface area contributed by atoms with Crippen LogP contribution in [-0.4, -0.2) is 38.6 Å². The van der Waals surface area contributed by atoms with Crippen molar-refractivity contribution in [1.82, 2.24) is 10.6 Å². The third kappa shape index (κ3) is 4.53. The minimum absolute atomic E-state index is 0.194. The molecule has 4 nitrogen and oxygen atoms in total. The number of hydrogen-bond acceptors (Lipinski definition) is 3. The number of rotatable bonds is 8. The molecule has 20 heavy (non-hydrogen) atoms. The van der Waals surface area contributed by atoms with Gasteiger partial charge in [0, 0.05) is 31.7 Å². The Hall–Kier alpha value is -1.55. The number of carbonyl (C=O) groups excluding carboxylic acids is 1. The molecule has 1 saturated heterocycles. The van der Waals surface area contributed by atoms with Gasteiger partial charge in [-0.25, -0.2) is 0 Å². The van der Waals surface area contributed by atoms with Crippen LogP contribution in [0.15, 0.2) is 30.3 Å². The summed E-state index contributed by atoms with van der Waals surface area (Å²) in [6.45, 7) is 6.88. The van der Waals surface area contributed by atoms with Crippen LogP contribution >= 0.6 is 0 Å². The zero-order chi connectivity index (χ0) is 14.2. The predicted molar refractivity (Wildman–Crippen MR) is 82.9 cm³/mol. The molecule has 1 fully saturated rings. The average Bonchev–Trinajstić information content (AvgIpc) is 2.44. The van der Waals surface area contributed by atoms with E-state index in [1.165, 1.54) is 5.69 Å². The van der Waals surface area contributed by atoms with Gasteiger partial charge in [-0.1, -0.05) is 18.2 Å². The molecule has 1 aliphatic rings. The molecule has 0 radical (unpaired) electrons. The molecule has 110 valence electrons. The van der Waals surface area contributed by atoms with Gasteiger partial charge in [-0.05, 0) is 44.5 Å². The van der Waals surface area contributed by atoms with Crippen LogP contribution in [0.1, 0.15) is 19.8 Å². The van der Waals surface area contributed by atoms with E-state index >= 15 is 0 Å². The van der Waals surface area contributed by atoms with Gasteiger partial charge in [0.1, 0.15) is 0 Å². The molecule has 4 heteroatoms. The van der Waals surface area contributed by atoms with Crippen molar-refractivity contribution in [1.29, 1.82) is 0 Å². The van der Waals surface area contributed by atoms with Crippen LogP contribution < -0.4 is 15.5 Å². The largest absolute Gasteiger partial charge is 0.372 e. The van der Waals surface area contributed by atoms with Crippen molar-refractivity contribution in [3.63, 3.8) is 0 Å². The van der Waals surface area contributed by atoms with Crippen LogP contribution in [0.5, 0.6) is 0 Å². The molecule has 1 aromatic rings. The van der Waals surface area contributed by atoms with Crippen molar-refractivity contribution in [2.75, 3.05) is 37.6 Å². The van der Waals surface area contributed by atoms with E-state index in [1.807, 2.05) is 6.07 Å². The minimum Gasteiger partial charge on any atom is -0.372 e. The highest BCUT2D eigenvalue weighted by Gasteiger charge is 2.19. The van der Waals surface area contributed by atoms with E-state index in [-0.39, 0.29) is 5.91 Å². The number of para-hydroxylation sites is 1. The Morgan fingerprint density at radius 1 is 1.35 bits per heavy atom. The Morgan fingerprint density at radius 2 is 2.10 bits per heavy atom. The number of nitrogens with zero attached hydrogens (tertiary/aromatic N) is 1. The van der Waals surface area contributed by atoms with E-state index in [0.29, 0.717) is 12.3 Å². The number of benzene rings is 1. The van der Waals surface area contributed by atoms with Gasteiger partial charge in [-0.15, -0.1) is 0 Å². The molecule has 2 rings (SSSR count). The van der Waals surface area contributed by atoms with E-state index in [2.05, 4.69) is 46.7 Å². The second-order valence-corrected chi connectivity index (χ2v) is 5.35. The standard InChI is InChI=1S/C16H25N3O/c1-2-19(15-7-4-3-5-8-15)10-6-9-18-16(20)11-14-12-17-13-14/h3-5,7-8,14,17H,2,6,9-13H2,1H3,(H,18,20). The summed E-state index contributed by atoms with van der Waals surface area (Å²) in [4.78, 5) is 14.0. The summed E-state index contributed by atoms with van der Waals surface area (Å²) in [6, 6.07) is 10.4. The molecule has 0 saturated carbocycles. The Morgan fingerprint density at radius 3 is 2.70 bits per heavy atom. The van der Waals surface area contributed by atoms with Crippen molar-refractivity contribution in [2.24, 2.45) is 5.92 Å². The first-order valence-electron chi connectivity index (χ1n) is 7.57. The number of hydrogen-bond donors (Lipinski definition) is 2. The Bertz CT molecular complexity index is 403. The van der Waals surface area contributed by atoms with E-state index < -0.39 is 0 Å². The SMILES string of the molecule is CCN(CCCNC(=O)CC1CNC1)c1ccccc1. The molecular weight excluding hydrogens is 250 g/mol. The number of nitrogens with one attached hydrogen (secondary N) is 2. The van der Waals surface area contributed by atoms with Crippen molar-refractivity contribution in [3.05, 3.63) is 30.3 Å². The Kier molecular flexibility index (Phi) is 5.87. The topological polar surface area (TPSA) is 44.4 Å². The molecule has 0 atom stereocenters. The maximum absolute atomic E-state index is 11.7. The lowest BCUT2D eigenvalue weighted by Gasteiger charge is -2.26. The Labute approximate surface area is 121 Å². The number of amides is 1. The maximum Gasteiger partial charge on any atom is 0.220 e. The normalized spacial score (nSPS) is 14.7. The summed E-state index contributed by atoms with van der Waals surface area (Å²) in [6.07, 6.45) is 1.65. The first kappa shape index (κ1) is 14.9. The van der Waals surface area contributed by atoms with Gasteiger partial charge in [-0.2, -0.15) is 0 Å². The second-order valence-electron chi connectivity index (χ2n) is 5.35. The van der Waals surface area contributed by atoms with Gasteiger partial charge in [0.05, 0.1) is 0 Å². The van der Waals surface area contributed by atoms with E-state index in [4.69, 9.17) is 0 Å². The highest BCUT2D eigenvalue weighted by atomic mass is 16.1. The third-order valence-electron chi connectivity index (χ3n) is 3.77. The van der Waals surface area contributed by atoms with Gasteiger partial charge in [-0.3, -0.25) is 4.79 Å². The number of carbonyl (C=O) groups is 1. The lowest BCUT2D eigenvalue weighted by molar-refractivity contribution is -0.122. The van der Waals surface area contributed by atoms with Gasteiger partial charge in [0.15, 0.2) is 0 Å². The van der Waals surface area contributed by atoms with Crippen LogP contribution in [-0.2, 0) is 4.79 Å². The first-order valence-corrected chi connectivity index (χ1v) is 7.57. The maximum atomic E-state index is 11.7. The minimum atomic E-state index is 0.194. The molecule has 2 N–H and O–H groups in total. The first-order chi connectivity index (χ1) is 9.79. The third-order valence-corrected chi connectivity index (χ3v) is 3.77. The fraction of sp³-hybridized carbons (Fsp3) is 0.562. The van der Waals surface area contributed by atoms with Gasteiger partial charge < -0.3 is 15.5 Å². The Balaban J connectivity index is 1.62. The zero-order valence-corrected chi connectivity index (χ0v) is 12.3. The number of anilines is 1. The van der Waals surface area contributed by atoms with Crippen LogP contribution in [0.2, 0.25) is 0 Å². The fourth-order valence-electron chi connectivity index (χ4n) is 2.43. The summed E-state index contributed by atoms with van der Waals surface area (Å²) < 4.78 is 0. The molecule has 1 aliphatic heterocycles. The molecule has 0 unspecified atom stereocenters. The van der Waals surface area contributed by atoms with Crippen LogP contribution in [0, 0.1) is 5.92 Å². The van der Waals surface area contributed by atoms with Crippen molar-refractivity contribution in [2.45, 2.75) is 19.8 Å². The lowest BCUT2D eigenvalue weighted by Crippen LogP contribution is -2.44. The lowest BCUT2D eigenvalue weighted by atomic mass is 9.99. The molecule has 1 aromatic carbocycles. The molecule has 0 aliphatic carbocycles. The summed E-state index contributed by atoms with van der Waals surface area (Å²) in [5.41, 5.74) is 1.25. The van der Waals surface area contributed by atoms with Gasteiger partial charge in [0.2, 0.25) is 5.91 Å². The highest BCUT2D eigenvalue weighted by molar-refractivity contribution is 5.76. The average molecular weight is 275 g/mol. The van der Waals surface area contributed by atoms with Crippen molar-refractivity contribution in [3.8, 4) is 0 Å². The molecule has 0 spiro atoms. The zero-order valence-electron chi connectivity index (χ0n) is 12.3. The summed E-state index contributed by atoms with van der Waals surface area (Å²) in [7, 11) is 0. The van der Waals surface area contributed by atoms with Crippen LogP contribution in [0.4, 0.5) is 5.69 Å². The smallest absolute Gasteiger partial charge is 0.220 e. The molecule has 0 aromatic heterocycles. The van der Waals surface area contributed by atoms with Crippen LogP contribution in [0.3, 0.4) is 0 Å². The van der Waals surface area contributed by atoms with E-state index in [1.54, 1.807) is 0 Å². The molecule has 1 amide bonds. The van der Waals surface area contributed by atoms with E-state index in [0.717, 1.165) is 39.1 Å². The second kappa shape index (κ2) is 7.90.